The molecule has 2 aromatic rings. The number of hydrogen-bond acceptors (Lipinski definition) is 2. The minimum atomic E-state index is -0.984. The highest BCUT2D eigenvalue weighted by Gasteiger charge is 2.12. The highest BCUT2D eigenvalue weighted by Crippen LogP contribution is 2.29. The Hall–Kier alpha value is -2.29. The van der Waals surface area contributed by atoms with Crippen molar-refractivity contribution < 1.29 is 9.90 Å². The van der Waals surface area contributed by atoms with Gasteiger partial charge < -0.3 is 10.8 Å². The Labute approximate surface area is 118 Å². The number of aryl methyl sites for hydroxylation is 2. The number of nitrogen functional groups attached to an aromatic ring is 1. The van der Waals surface area contributed by atoms with Gasteiger partial charge in [0.25, 0.3) is 0 Å². The van der Waals surface area contributed by atoms with Crippen molar-refractivity contribution in [1.29, 1.82) is 0 Å². The van der Waals surface area contributed by atoms with Crippen LogP contribution in [0.2, 0.25) is 0 Å². The molecule has 3 nitrogen and oxygen atoms in total. The lowest BCUT2D eigenvalue weighted by Gasteiger charge is -2.17. The molecule has 20 heavy (non-hydrogen) atoms. The van der Waals surface area contributed by atoms with Crippen molar-refractivity contribution in [3.05, 3.63) is 53.1 Å². The lowest BCUT2D eigenvalue weighted by Crippen LogP contribution is -2.04. The molecule has 3 rings (SSSR count). The minimum absolute atomic E-state index is 0.167. The second-order valence-electron chi connectivity index (χ2n) is 5.30. The van der Waals surface area contributed by atoms with E-state index in [2.05, 4.69) is 18.2 Å². The van der Waals surface area contributed by atoms with Crippen molar-refractivity contribution in [2.24, 2.45) is 0 Å². The first-order valence-electron chi connectivity index (χ1n) is 6.90. The summed E-state index contributed by atoms with van der Waals surface area (Å²) in [4.78, 5) is 11.2. The Balaban J connectivity index is 2.05. The quantitative estimate of drug-likeness (QED) is 0.818. The third kappa shape index (κ3) is 2.27. The average molecular weight is 267 g/mol. The Kier molecular flexibility index (Phi) is 3.18. The van der Waals surface area contributed by atoms with E-state index in [1.165, 1.54) is 24.0 Å². The van der Waals surface area contributed by atoms with Crippen LogP contribution in [-0.2, 0) is 12.8 Å². The summed E-state index contributed by atoms with van der Waals surface area (Å²) in [5.74, 6) is -0.984. The van der Waals surface area contributed by atoms with E-state index < -0.39 is 5.97 Å². The van der Waals surface area contributed by atoms with Gasteiger partial charge in [-0.2, -0.15) is 0 Å². The molecule has 0 spiro atoms. The monoisotopic (exact) mass is 267 g/mol. The van der Waals surface area contributed by atoms with Crippen molar-refractivity contribution in [3.63, 3.8) is 0 Å². The van der Waals surface area contributed by atoms with Crippen molar-refractivity contribution in [3.8, 4) is 11.1 Å². The molecule has 3 N–H and O–H groups in total. The van der Waals surface area contributed by atoms with E-state index in [9.17, 15) is 4.79 Å². The maximum atomic E-state index is 11.2. The molecule has 102 valence electrons. The van der Waals surface area contributed by atoms with Crippen LogP contribution >= 0.6 is 0 Å². The molecular formula is C17H17NO2. The molecule has 0 aromatic heterocycles. The second-order valence-corrected chi connectivity index (χ2v) is 5.30. The number of carboxylic acid groups (broad SMARTS) is 1. The number of aromatic carboxylic acids is 1. The first-order chi connectivity index (χ1) is 9.65. The highest BCUT2D eigenvalue weighted by atomic mass is 16.4. The first kappa shape index (κ1) is 12.7. The molecule has 0 heterocycles. The van der Waals surface area contributed by atoms with Gasteiger partial charge in [-0.15, -0.1) is 0 Å². The summed E-state index contributed by atoms with van der Waals surface area (Å²) in [7, 11) is 0. The first-order valence-corrected chi connectivity index (χ1v) is 6.90. The van der Waals surface area contributed by atoms with Crippen LogP contribution in [0.1, 0.15) is 34.3 Å². The number of hydrogen-bond donors (Lipinski definition) is 2. The number of anilines is 1. The van der Waals surface area contributed by atoms with E-state index in [0.717, 1.165) is 24.0 Å². The van der Waals surface area contributed by atoms with Crippen molar-refractivity contribution in [1.82, 2.24) is 0 Å². The maximum absolute atomic E-state index is 11.2. The van der Waals surface area contributed by atoms with Crippen LogP contribution in [0.25, 0.3) is 11.1 Å². The van der Waals surface area contributed by atoms with Gasteiger partial charge in [0.15, 0.2) is 0 Å². The SMILES string of the molecule is Nc1ccc(-c2ccc3c(c2)CCCC3)cc1C(=O)O. The maximum Gasteiger partial charge on any atom is 0.337 e. The molecule has 0 atom stereocenters. The predicted molar refractivity (Wildman–Crippen MR) is 79.9 cm³/mol. The van der Waals surface area contributed by atoms with Gasteiger partial charge >= 0.3 is 5.97 Å². The summed E-state index contributed by atoms with van der Waals surface area (Å²) in [5.41, 5.74) is 11.0. The minimum Gasteiger partial charge on any atom is -0.478 e. The summed E-state index contributed by atoms with van der Waals surface area (Å²) in [6.07, 6.45) is 4.76. The number of nitrogens with two attached hydrogens (primary N) is 1. The largest absolute Gasteiger partial charge is 0.478 e. The zero-order valence-corrected chi connectivity index (χ0v) is 11.2. The van der Waals surface area contributed by atoms with Crippen molar-refractivity contribution in [2.75, 3.05) is 5.73 Å². The van der Waals surface area contributed by atoms with Gasteiger partial charge in [0.05, 0.1) is 5.56 Å². The predicted octanol–water partition coefficient (Wildman–Crippen LogP) is 3.51. The fraction of sp³-hybridized carbons (Fsp3) is 0.235. The van der Waals surface area contributed by atoms with Gasteiger partial charge in [-0.1, -0.05) is 24.3 Å². The zero-order valence-electron chi connectivity index (χ0n) is 11.2. The molecule has 3 heteroatoms. The molecule has 1 aliphatic carbocycles. The highest BCUT2D eigenvalue weighted by molar-refractivity contribution is 5.95. The van der Waals surface area contributed by atoms with Gasteiger partial charge in [0.1, 0.15) is 0 Å². The fourth-order valence-electron chi connectivity index (χ4n) is 2.83. The zero-order chi connectivity index (χ0) is 14.1. The summed E-state index contributed by atoms with van der Waals surface area (Å²) >= 11 is 0. The number of rotatable bonds is 2. The molecule has 0 saturated carbocycles. The Morgan fingerprint density at radius 3 is 2.35 bits per heavy atom. The van der Waals surface area contributed by atoms with Gasteiger partial charge in [-0.25, -0.2) is 4.79 Å². The van der Waals surface area contributed by atoms with E-state index in [1.54, 1.807) is 12.1 Å². The smallest absolute Gasteiger partial charge is 0.337 e. The topological polar surface area (TPSA) is 63.3 Å². The molecule has 0 aliphatic heterocycles. The number of carboxylic acids is 1. The van der Waals surface area contributed by atoms with E-state index in [0.29, 0.717) is 5.69 Å². The van der Waals surface area contributed by atoms with Crippen LogP contribution in [0, 0.1) is 0 Å². The molecule has 2 aromatic carbocycles. The average Bonchev–Trinajstić information content (AvgIpc) is 2.47. The van der Waals surface area contributed by atoms with E-state index >= 15 is 0 Å². The van der Waals surface area contributed by atoms with Gasteiger partial charge in [-0.05, 0) is 60.1 Å². The third-order valence-corrected chi connectivity index (χ3v) is 3.97. The fourth-order valence-corrected chi connectivity index (χ4v) is 2.83. The van der Waals surface area contributed by atoms with Gasteiger partial charge in [-0.3, -0.25) is 0 Å². The Bertz CT molecular complexity index is 677. The van der Waals surface area contributed by atoms with Crippen LogP contribution in [0.3, 0.4) is 0 Å². The lowest BCUT2D eigenvalue weighted by atomic mass is 9.89. The molecule has 0 bridgehead atoms. The molecule has 0 amide bonds. The molecule has 1 aliphatic rings. The molecule has 0 radical (unpaired) electrons. The van der Waals surface area contributed by atoms with Crippen LogP contribution in [0.15, 0.2) is 36.4 Å². The third-order valence-electron chi connectivity index (χ3n) is 3.97. The number of benzene rings is 2. The number of carbonyl (C=O) groups is 1. The van der Waals surface area contributed by atoms with E-state index in [-0.39, 0.29) is 5.56 Å². The van der Waals surface area contributed by atoms with Gasteiger partial charge in [0.2, 0.25) is 0 Å². The number of fused-ring (bicyclic) bond motifs is 1. The van der Waals surface area contributed by atoms with Crippen LogP contribution in [0.5, 0.6) is 0 Å². The van der Waals surface area contributed by atoms with Crippen LogP contribution in [-0.4, -0.2) is 11.1 Å². The molecular weight excluding hydrogens is 250 g/mol. The van der Waals surface area contributed by atoms with E-state index in [4.69, 9.17) is 10.8 Å². The molecule has 0 fully saturated rings. The molecule has 0 unspecified atom stereocenters. The summed E-state index contributed by atoms with van der Waals surface area (Å²) in [6.45, 7) is 0. The second kappa shape index (κ2) is 5.00. The Morgan fingerprint density at radius 2 is 1.60 bits per heavy atom. The summed E-state index contributed by atoms with van der Waals surface area (Å²) in [5, 5.41) is 9.15. The van der Waals surface area contributed by atoms with Crippen LogP contribution < -0.4 is 5.73 Å². The standard InChI is InChI=1S/C17H17NO2/c18-16-8-7-14(10-15(16)17(19)20)13-6-5-11-3-1-2-4-12(11)9-13/h5-10H,1-4,18H2,(H,19,20). The lowest BCUT2D eigenvalue weighted by molar-refractivity contribution is 0.0698. The summed E-state index contributed by atoms with van der Waals surface area (Å²) in [6, 6.07) is 11.6. The van der Waals surface area contributed by atoms with Crippen molar-refractivity contribution >= 4 is 11.7 Å². The molecule has 0 saturated heterocycles. The normalized spacial score (nSPS) is 13.8. The van der Waals surface area contributed by atoms with Crippen LogP contribution in [0.4, 0.5) is 5.69 Å². The van der Waals surface area contributed by atoms with Gasteiger partial charge in [0, 0.05) is 5.69 Å². The van der Waals surface area contributed by atoms with Crippen molar-refractivity contribution in [2.45, 2.75) is 25.7 Å². The summed E-state index contributed by atoms with van der Waals surface area (Å²) < 4.78 is 0. The van der Waals surface area contributed by atoms with E-state index in [1.807, 2.05) is 6.07 Å². The Morgan fingerprint density at radius 1 is 0.950 bits per heavy atom.